The van der Waals surface area contributed by atoms with Crippen LogP contribution in [0.4, 0.5) is 0 Å². The molecule has 0 radical (unpaired) electrons. The summed E-state index contributed by atoms with van der Waals surface area (Å²) in [5.74, 6) is -0.391. The molecular weight excluding hydrogens is 278 g/mol. The van der Waals surface area contributed by atoms with Gasteiger partial charge in [-0.05, 0) is 30.9 Å². The molecule has 1 aromatic rings. The lowest BCUT2D eigenvalue weighted by Gasteiger charge is -2.54. The van der Waals surface area contributed by atoms with Crippen LogP contribution in [0.2, 0.25) is 0 Å². The smallest absolute Gasteiger partial charge is 0.252 e. The van der Waals surface area contributed by atoms with Gasteiger partial charge in [0.25, 0.3) is 5.91 Å². The van der Waals surface area contributed by atoms with Crippen molar-refractivity contribution in [2.45, 2.75) is 44.3 Å². The third-order valence-corrected chi connectivity index (χ3v) is 4.87. The second-order valence-electron chi connectivity index (χ2n) is 6.60. The number of nitrogens with zero attached hydrogens (tertiary/aromatic N) is 1. The highest BCUT2D eigenvalue weighted by molar-refractivity contribution is 6.08. The Balaban J connectivity index is 1.96. The number of nitrogens with one attached hydrogen (secondary N) is 1. The van der Waals surface area contributed by atoms with Crippen molar-refractivity contribution in [2.24, 2.45) is 11.7 Å². The predicted molar refractivity (Wildman–Crippen MR) is 83.8 cm³/mol. The Morgan fingerprint density at radius 2 is 2.05 bits per heavy atom. The van der Waals surface area contributed by atoms with E-state index in [0.29, 0.717) is 0 Å². The molecule has 2 aliphatic heterocycles. The maximum absolute atomic E-state index is 12.7. The quantitative estimate of drug-likeness (QED) is 0.823. The highest BCUT2D eigenvalue weighted by Crippen LogP contribution is 2.48. The normalized spacial score (nSPS) is 29.0. The molecule has 5 heteroatoms. The van der Waals surface area contributed by atoms with Crippen LogP contribution in [0.5, 0.6) is 0 Å². The third-order valence-electron chi connectivity index (χ3n) is 4.87. The van der Waals surface area contributed by atoms with Crippen LogP contribution in [0.25, 0.3) is 0 Å². The summed E-state index contributed by atoms with van der Waals surface area (Å²) in [6.07, 6.45) is 1.72. The van der Waals surface area contributed by atoms with Crippen LogP contribution in [0.15, 0.2) is 30.3 Å². The lowest BCUT2D eigenvalue weighted by molar-refractivity contribution is -0.172. The maximum Gasteiger partial charge on any atom is 0.252 e. The molecule has 5 nitrogen and oxygen atoms in total. The Morgan fingerprint density at radius 3 is 2.59 bits per heavy atom. The summed E-state index contributed by atoms with van der Waals surface area (Å²) in [7, 11) is 0. The zero-order chi connectivity index (χ0) is 15.9. The lowest BCUT2D eigenvalue weighted by atomic mass is 9.73. The van der Waals surface area contributed by atoms with Crippen LogP contribution < -0.4 is 11.1 Å². The van der Waals surface area contributed by atoms with Crippen LogP contribution in [-0.2, 0) is 9.59 Å². The van der Waals surface area contributed by atoms with Gasteiger partial charge in [-0.1, -0.05) is 44.2 Å². The van der Waals surface area contributed by atoms with E-state index in [1.807, 2.05) is 44.2 Å². The summed E-state index contributed by atoms with van der Waals surface area (Å²) < 4.78 is 0. The maximum atomic E-state index is 12.7. The van der Waals surface area contributed by atoms with E-state index in [9.17, 15) is 9.59 Å². The molecule has 2 aliphatic rings. The lowest BCUT2D eigenvalue weighted by Crippen LogP contribution is -2.75. The van der Waals surface area contributed by atoms with E-state index in [1.54, 1.807) is 0 Å². The van der Waals surface area contributed by atoms with Gasteiger partial charge in [0.1, 0.15) is 5.54 Å². The molecule has 0 bridgehead atoms. The number of nitrogens with two attached hydrogens (primary N) is 1. The summed E-state index contributed by atoms with van der Waals surface area (Å²) in [6.45, 7) is 4.61. The van der Waals surface area contributed by atoms with Gasteiger partial charge in [-0.2, -0.15) is 0 Å². The summed E-state index contributed by atoms with van der Waals surface area (Å²) in [4.78, 5) is 26.8. The van der Waals surface area contributed by atoms with Crippen molar-refractivity contribution in [1.29, 1.82) is 0 Å². The number of carbonyl (C=O) groups is 2. The van der Waals surface area contributed by atoms with Gasteiger partial charge in [0.05, 0.1) is 12.1 Å². The van der Waals surface area contributed by atoms with Gasteiger partial charge in [0, 0.05) is 0 Å². The largest absolute Gasteiger partial charge is 0.320 e. The Hall–Kier alpha value is -1.72. The molecule has 2 fully saturated rings. The van der Waals surface area contributed by atoms with Gasteiger partial charge in [0.15, 0.2) is 0 Å². The first-order chi connectivity index (χ1) is 10.5. The molecule has 0 aromatic heterocycles. The Labute approximate surface area is 130 Å². The van der Waals surface area contributed by atoms with E-state index in [4.69, 9.17) is 5.73 Å². The number of benzene rings is 1. The zero-order valence-electron chi connectivity index (χ0n) is 13.1. The third kappa shape index (κ3) is 2.08. The average molecular weight is 301 g/mol. The summed E-state index contributed by atoms with van der Waals surface area (Å²) in [6, 6.07) is 8.86. The van der Waals surface area contributed by atoms with Crippen molar-refractivity contribution < 1.29 is 9.59 Å². The van der Waals surface area contributed by atoms with Crippen molar-refractivity contribution >= 4 is 11.8 Å². The highest BCUT2D eigenvalue weighted by Gasteiger charge is 2.64. The van der Waals surface area contributed by atoms with Crippen molar-refractivity contribution in [1.82, 2.24) is 10.2 Å². The monoisotopic (exact) mass is 301 g/mol. The number of β-lactam (4-membered cyclic amide) rings is 1. The first kappa shape index (κ1) is 15.2. The van der Waals surface area contributed by atoms with Crippen molar-refractivity contribution in [2.75, 3.05) is 6.54 Å². The number of imide groups is 1. The standard InChI is InChI=1S/C17H23N3O2/c1-11(2)13(18)15(21)20-14(12-7-4-3-5-8-12)17(16(20)22)9-6-10-19-17/h3-5,7-8,11,13-14,19H,6,9-10,18H2,1-2H3. The molecule has 1 aromatic carbocycles. The predicted octanol–water partition coefficient (Wildman–Crippen LogP) is 1.20. The fourth-order valence-electron chi connectivity index (χ4n) is 3.53. The minimum Gasteiger partial charge on any atom is -0.320 e. The van der Waals surface area contributed by atoms with Crippen molar-refractivity contribution in [3.8, 4) is 0 Å². The molecule has 3 atom stereocenters. The molecule has 0 aliphatic carbocycles. The molecular formula is C17H23N3O2. The van der Waals surface area contributed by atoms with Gasteiger partial charge >= 0.3 is 0 Å². The number of hydrogen-bond donors (Lipinski definition) is 2. The molecule has 3 N–H and O–H groups in total. The van der Waals surface area contributed by atoms with Crippen LogP contribution in [0.3, 0.4) is 0 Å². The van der Waals surface area contributed by atoms with E-state index in [1.165, 1.54) is 4.90 Å². The fourth-order valence-corrected chi connectivity index (χ4v) is 3.53. The molecule has 22 heavy (non-hydrogen) atoms. The fraction of sp³-hybridized carbons (Fsp3) is 0.529. The molecule has 2 heterocycles. The zero-order valence-corrected chi connectivity index (χ0v) is 13.1. The average Bonchev–Trinajstić information content (AvgIpc) is 3.03. The minimum atomic E-state index is -0.645. The number of amides is 2. The molecule has 0 saturated carbocycles. The van der Waals surface area contributed by atoms with E-state index >= 15 is 0 Å². The molecule has 3 unspecified atom stereocenters. The van der Waals surface area contributed by atoms with Crippen LogP contribution in [0, 0.1) is 5.92 Å². The van der Waals surface area contributed by atoms with E-state index < -0.39 is 11.6 Å². The van der Waals surface area contributed by atoms with Crippen molar-refractivity contribution in [3.05, 3.63) is 35.9 Å². The second kappa shape index (κ2) is 5.48. The van der Waals surface area contributed by atoms with Crippen LogP contribution >= 0.6 is 0 Å². The SMILES string of the molecule is CC(C)C(N)C(=O)N1C(=O)C2(CCCN2)C1c1ccccc1. The number of rotatable bonds is 3. The summed E-state index contributed by atoms with van der Waals surface area (Å²) in [5, 5.41) is 3.34. The summed E-state index contributed by atoms with van der Waals surface area (Å²) in [5.41, 5.74) is 6.37. The second-order valence-corrected chi connectivity index (χ2v) is 6.60. The molecule has 1 spiro atoms. The van der Waals surface area contributed by atoms with Crippen molar-refractivity contribution in [3.63, 3.8) is 0 Å². The first-order valence-electron chi connectivity index (χ1n) is 7.92. The Kier molecular flexibility index (Phi) is 3.78. The van der Waals surface area contributed by atoms with Gasteiger partial charge in [-0.15, -0.1) is 0 Å². The topological polar surface area (TPSA) is 75.4 Å². The first-order valence-corrected chi connectivity index (χ1v) is 7.92. The Bertz CT molecular complexity index is 571. The highest BCUT2D eigenvalue weighted by atomic mass is 16.2. The molecule has 118 valence electrons. The van der Waals surface area contributed by atoms with Crippen LogP contribution in [0.1, 0.15) is 38.3 Å². The van der Waals surface area contributed by atoms with Gasteiger partial charge < -0.3 is 11.1 Å². The van der Waals surface area contributed by atoms with Gasteiger partial charge in [-0.3, -0.25) is 14.5 Å². The molecule has 3 rings (SSSR count). The van der Waals surface area contributed by atoms with Gasteiger partial charge in [0.2, 0.25) is 5.91 Å². The number of hydrogen-bond acceptors (Lipinski definition) is 4. The summed E-state index contributed by atoms with van der Waals surface area (Å²) >= 11 is 0. The number of likely N-dealkylation sites (tertiary alicyclic amines) is 1. The molecule has 2 saturated heterocycles. The molecule has 2 amide bonds. The van der Waals surface area contributed by atoms with Crippen LogP contribution in [-0.4, -0.2) is 34.8 Å². The van der Waals surface area contributed by atoms with Gasteiger partial charge in [-0.25, -0.2) is 0 Å². The minimum absolute atomic E-state index is 0.00445. The Morgan fingerprint density at radius 1 is 1.36 bits per heavy atom. The van der Waals surface area contributed by atoms with E-state index in [0.717, 1.165) is 24.9 Å². The van der Waals surface area contributed by atoms with E-state index in [-0.39, 0.29) is 23.8 Å². The van der Waals surface area contributed by atoms with E-state index in [2.05, 4.69) is 5.32 Å². The number of carbonyl (C=O) groups excluding carboxylic acids is 2.